The van der Waals surface area contributed by atoms with E-state index in [4.69, 9.17) is 9.47 Å². The van der Waals surface area contributed by atoms with Gasteiger partial charge in [-0.05, 0) is 25.3 Å². The second kappa shape index (κ2) is 7.55. The zero-order valence-electron chi connectivity index (χ0n) is 14.6. The average molecular weight is 345 g/mol. The predicted molar refractivity (Wildman–Crippen MR) is 94.0 cm³/mol. The molecule has 0 saturated carbocycles. The molecule has 25 heavy (non-hydrogen) atoms. The highest BCUT2D eigenvalue weighted by Gasteiger charge is 2.32. The van der Waals surface area contributed by atoms with Gasteiger partial charge in [0.1, 0.15) is 0 Å². The van der Waals surface area contributed by atoms with Gasteiger partial charge >= 0.3 is 0 Å². The van der Waals surface area contributed by atoms with Crippen molar-refractivity contribution in [3.63, 3.8) is 0 Å². The van der Waals surface area contributed by atoms with Gasteiger partial charge in [-0.15, -0.1) is 0 Å². The van der Waals surface area contributed by atoms with E-state index >= 15 is 0 Å². The summed E-state index contributed by atoms with van der Waals surface area (Å²) in [7, 11) is 3.15. The fourth-order valence-corrected chi connectivity index (χ4v) is 3.16. The van der Waals surface area contributed by atoms with Crippen LogP contribution in [0.25, 0.3) is 0 Å². The van der Waals surface area contributed by atoms with Gasteiger partial charge in [-0.1, -0.05) is 0 Å². The van der Waals surface area contributed by atoms with Crippen molar-refractivity contribution in [2.75, 3.05) is 27.3 Å². The van der Waals surface area contributed by atoms with Gasteiger partial charge in [0, 0.05) is 32.3 Å². The molecule has 0 spiro atoms. The van der Waals surface area contributed by atoms with Gasteiger partial charge in [-0.25, -0.2) is 0 Å². The number of hydrogen-bond donors (Lipinski definition) is 1. The van der Waals surface area contributed by atoms with Crippen LogP contribution in [-0.4, -0.2) is 56.3 Å². The van der Waals surface area contributed by atoms with Gasteiger partial charge in [-0.2, -0.15) is 0 Å². The zero-order chi connectivity index (χ0) is 17.8. The molecule has 134 valence electrons. The van der Waals surface area contributed by atoms with Crippen molar-refractivity contribution >= 4 is 23.7 Å². The quantitative estimate of drug-likeness (QED) is 0.799. The lowest BCUT2D eigenvalue weighted by molar-refractivity contribution is -0.120. The molecule has 2 amide bonds. The molecule has 7 heteroatoms. The van der Waals surface area contributed by atoms with Crippen LogP contribution < -0.4 is 14.8 Å². The van der Waals surface area contributed by atoms with E-state index in [0.29, 0.717) is 42.2 Å². The molecular formula is C18H23N3O4. The number of hydrogen-bond acceptors (Lipinski definition) is 5. The van der Waals surface area contributed by atoms with Crippen molar-refractivity contribution in [2.24, 2.45) is 4.99 Å². The highest BCUT2D eigenvalue weighted by atomic mass is 16.5. The van der Waals surface area contributed by atoms with Crippen molar-refractivity contribution in [1.82, 2.24) is 10.2 Å². The highest BCUT2D eigenvalue weighted by Crippen LogP contribution is 2.38. The van der Waals surface area contributed by atoms with Crippen molar-refractivity contribution in [2.45, 2.75) is 31.7 Å². The van der Waals surface area contributed by atoms with E-state index < -0.39 is 0 Å². The summed E-state index contributed by atoms with van der Waals surface area (Å²) in [4.78, 5) is 30.4. The Balaban J connectivity index is 1.78. The molecule has 0 aromatic heterocycles. The van der Waals surface area contributed by atoms with E-state index in [9.17, 15) is 9.59 Å². The first-order chi connectivity index (χ1) is 12.1. The van der Waals surface area contributed by atoms with Gasteiger partial charge < -0.3 is 19.7 Å². The number of ether oxygens (including phenoxy) is 2. The molecule has 0 bridgehead atoms. The smallest absolute Gasteiger partial charge is 0.256 e. The van der Waals surface area contributed by atoms with E-state index in [1.807, 2.05) is 11.1 Å². The Morgan fingerprint density at radius 3 is 3.00 bits per heavy atom. The van der Waals surface area contributed by atoms with Crippen molar-refractivity contribution < 1.29 is 19.1 Å². The number of amides is 2. The molecule has 2 aliphatic heterocycles. The van der Waals surface area contributed by atoms with Gasteiger partial charge in [-0.3, -0.25) is 14.6 Å². The predicted octanol–water partition coefficient (Wildman–Crippen LogP) is 1.92. The Morgan fingerprint density at radius 2 is 2.24 bits per heavy atom. The Hall–Kier alpha value is -2.57. The summed E-state index contributed by atoms with van der Waals surface area (Å²) < 4.78 is 11.1. The van der Waals surface area contributed by atoms with Crippen LogP contribution in [0.15, 0.2) is 17.1 Å². The molecule has 0 aliphatic carbocycles. The molecule has 2 heterocycles. The van der Waals surface area contributed by atoms with E-state index in [0.717, 1.165) is 19.4 Å². The minimum absolute atomic E-state index is 0.0144. The van der Waals surface area contributed by atoms with Crippen molar-refractivity contribution in [3.8, 4) is 11.5 Å². The third-order valence-electron chi connectivity index (χ3n) is 4.54. The molecule has 1 aromatic rings. The van der Waals surface area contributed by atoms with Crippen LogP contribution in [0.4, 0.5) is 5.69 Å². The van der Waals surface area contributed by atoms with Crippen LogP contribution in [0.5, 0.6) is 11.5 Å². The van der Waals surface area contributed by atoms with Crippen LogP contribution in [0.1, 0.15) is 36.0 Å². The number of nitrogens with one attached hydrogen (secondary N) is 1. The molecule has 1 N–H and O–H groups in total. The maximum atomic E-state index is 12.8. The molecule has 0 radical (unpaired) electrons. The number of methoxy groups -OCH3 is 1. The van der Waals surface area contributed by atoms with E-state index in [-0.39, 0.29) is 17.9 Å². The summed E-state index contributed by atoms with van der Waals surface area (Å²) in [5.74, 6) is 0.998. The van der Waals surface area contributed by atoms with Crippen molar-refractivity contribution in [3.05, 3.63) is 17.7 Å². The maximum Gasteiger partial charge on any atom is 0.256 e. The largest absolute Gasteiger partial charge is 0.493 e. The van der Waals surface area contributed by atoms with Crippen LogP contribution in [-0.2, 0) is 4.79 Å². The van der Waals surface area contributed by atoms with Crippen LogP contribution in [0.3, 0.4) is 0 Å². The zero-order valence-corrected chi connectivity index (χ0v) is 14.6. The lowest BCUT2D eigenvalue weighted by Gasteiger charge is -2.20. The molecule has 2 aliphatic rings. The number of benzene rings is 1. The molecule has 1 atom stereocenters. The fourth-order valence-electron chi connectivity index (χ4n) is 3.16. The lowest BCUT2D eigenvalue weighted by Crippen LogP contribution is -2.35. The normalized spacial score (nSPS) is 18.4. The van der Waals surface area contributed by atoms with Crippen LogP contribution in [0, 0.1) is 0 Å². The number of nitrogens with zero attached hydrogens (tertiary/aromatic N) is 2. The average Bonchev–Trinajstić information content (AvgIpc) is 3.06. The van der Waals surface area contributed by atoms with Crippen LogP contribution >= 0.6 is 0 Å². The number of carbonyl (C=O) groups is 2. The number of rotatable bonds is 6. The van der Waals surface area contributed by atoms with E-state index in [1.54, 1.807) is 26.3 Å². The molecular weight excluding hydrogens is 322 g/mol. The van der Waals surface area contributed by atoms with E-state index in [2.05, 4.69) is 10.3 Å². The Labute approximate surface area is 147 Å². The topological polar surface area (TPSA) is 80.2 Å². The van der Waals surface area contributed by atoms with Crippen LogP contribution in [0.2, 0.25) is 0 Å². The molecule has 1 saturated heterocycles. The number of aliphatic imine (C=N–C) groups is 1. The third kappa shape index (κ3) is 3.60. The monoisotopic (exact) mass is 345 g/mol. The molecule has 0 unspecified atom stereocenters. The highest BCUT2D eigenvalue weighted by molar-refractivity contribution is 6.03. The summed E-state index contributed by atoms with van der Waals surface area (Å²) in [5.41, 5.74) is 1.14. The summed E-state index contributed by atoms with van der Waals surface area (Å²) in [6, 6.07) is 3.51. The Kier molecular flexibility index (Phi) is 5.21. The van der Waals surface area contributed by atoms with Gasteiger partial charge in [0.05, 0.1) is 31.0 Å². The first-order valence-electron chi connectivity index (χ1n) is 8.54. The molecule has 1 aromatic carbocycles. The second-order valence-corrected chi connectivity index (χ2v) is 6.13. The van der Waals surface area contributed by atoms with Gasteiger partial charge in [0.25, 0.3) is 5.91 Å². The first-order valence-corrected chi connectivity index (χ1v) is 8.54. The van der Waals surface area contributed by atoms with Crippen molar-refractivity contribution in [1.29, 1.82) is 0 Å². The second-order valence-electron chi connectivity index (χ2n) is 6.13. The minimum Gasteiger partial charge on any atom is -0.493 e. The first kappa shape index (κ1) is 17.3. The van der Waals surface area contributed by atoms with E-state index in [1.165, 1.54) is 0 Å². The van der Waals surface area contributed by atoms with Gasteiger partial charge in [0.2, 0.25) is 5.91 Å². The third-order valence-corrected chi connectivity index (χ3v) is 4.54. The maximum absolute atomic E-state index is 12.8. The molecule has 3 rings (SSSR count). The Bertz CT molecular complexity index is 702. The standard InChI is InChI=1S/C18H23N3O4/c1-19-17(22)6-4-8-25-16-10-14-13(9-15(16)24-2)18(23)21-7-3-5-12(21)11-20-14/h9-12H,3-8H2,1-2H3,(H,19,22)/t12-/m0/s1. The fraction of sp³-hybridized carbons (Fsp3) is 0.500. The van der Waals surface area contributed by atoms with Gasteiger partial charge in [0.15, 0.2) is 11.5 Å². The summed E-state index contributed by atoms with van der Waals surface area (Å²) in [6.45, 7) is 1.14. The lowest BCUT2D eigenvalue weighted by atomic mass is 10.1. The summed E-state index contributed by atoms with van der Waals surface area (Å²) in [5, 5.41) is 2.58. The summed E-state index contributed by atoms with van der Waals surface area (Å²) >= 11 is 0. The SMILES string of the molecule is CNC(=O)CCCOc1cc2c(cc1OC)C(=O)N1CCC[C@H]1C=N2. The molecule has 7 nitrogen and oxygen atoms in total. The number of carbonyl (C=O) groups excluding carboxylic acids is 2. The number of fused-ring (bicyclic) bond motifs is 2. The minimum atomic E-state index is -0.0201. The molecule has 1 fully saturated rings. The Morgan fingerprint density at radius 1 is 1.40 bits per heavy atom. The summed E-state index contributed by atoms with van der Waals surface area (Å²) in [6.07, 6.45) is 4.79.